The van der Waals surface area contributed by atoms with Gasteiger partial charge in [0.2, 0.25) is 0 Å². The molecule has 2 aromatic rings. The molecular weight excluding hydrogens is 210 g/mol. The van der Waals surface area contributed by atoms with Crippen LogP contribution in [-0.4, -0.2) is 10.2 Å². The van der Waals surface area contributed by atoms with Crippen LogP contribution in [0.5, 0.6) is 0 Å². The molecule has 1 aromatic carbocycles. The zero-order valence-corrected chi connectivity index (χ0v) is 9.12. The second kappa shape index (κ2) is 4.04. The SMILES string of the molecule is CC(N)c1cc(-c2ccccc2Cl)n[nH]1. The maximum Gasteiger partial charge on any atom is 0.0939 e. The van der Waals surface area contributed by atoms with Crippen molar-refractivity contribution in [1.29, 1.82) is 0 Å². The van der Waals surface area contributed by atoms with Crippen LogP contribution in [0.2, 0.25) is 5.02 Å². The smallest absolute Gasteiger partial charge is 0.0939 e. The van der Waals surface area contributed by atoms with E-state index in [9.17, 15) is 0 Å². The molecule has 1 heterocycles. The number of H-pyrrole nitrogens is 1. The number of nitrogens with two attached hydrogens (primary N) is 1. The van der Waals surface area contributed by atoms with Gasteiger partial charge in [-0.2, -0.15) is 5.10 Å². The Morgan fingerprint density at radius 1 is 1.40 bits per heavy atom. The Bertz CT molecular complexity index is 462. The Morgan fingerprint density at radius 2 is 2.13 bits per heavy atom. The van der Waals surface area contributed by atoms with E-state index in [0.717, 1.165) is 17.0 Å². The summed E-state index contributed by atoms with van der Waals surface area (Å²) >= 11 is 6.06. The fraction of sp³-hybridized carbons (Fsp3) is 0.182. The summed E-state index contributed by atoms with van der Waals surface area (Å²) in [7, 11) is 0. The molecule has 0 aliphatic carbocycles. The molecule has 0 amide bonds. The van der Waals surface area contributed by atoms with E-state index < -0.39 is 0 Å². The summed E-state index contributed by atoms with van der Waals surface area (Å²) in [6.45, 7) is 1.91. The quantitative estimate of drug-likeness (QED) is 0.820. The molecular formula is C11H12ClN3. The number of aromatic amines is 1. The zero-order chi connectivity index (χ0) is 10.8. The maximum atomic E-state index is 6.06. The van der Waals surface area contributed by atoms with Crippen LogP contribution >= 0.6 is 11.6 Å². The van der Waals surface area contributed by atoms with Crippen molar-refractivity contribution in [2.45, 2.75) is 13.0 Å². The Morgan fingerprint density at radius 3 is 2.73 bits per heavy atom. The van der Waals surface area contributed by atoms with E-state index in [1.807, 2.05) is 37.3 Å². The number of nitrogens with one attached hydrogen (secondary N) is 1. The molecule has 1 unspecified atom stereocenters. The lowest BCUT2D eigenvalue weighted by molar-refractivity contribution is 0.772. The van der Waals surface area contributed by atoms with Gasteiger partial charge in [-0.3, -0.25) is 5.10 Å². The molecule has 2 rings (SSSR count). The molecule has 0 aliphatic rings. The van der Waals surface area contributed by atoms with E-state index in [-0.39, 0.29) is 6.04 Å². The van der Waals surface area contributed by atoms with Crippen molar-refractivity contribution < 1.29 is 0 Å². The molecule has 0 bridgehead atoms. The van der Waals surface area contributed by atoms with E-state index in [2.05, 4.69) is 10.2 Å². The number of aromatic nitrogens is 2. The minimum Gasteiger partial charge on any atom is -0.323 e. The molecule has 1 aromatic heterocycles. The number of hydrogen-bond donors (Lipinski definition) is 2. The van der Waals surface area contributed by atoms with Crippen molar-refractivity contribution in [2.75, 3.05) is 0 Å². The predicted octanol–water partition coefficient (Wildman–Crippen LogP) is 2.75. The van der Waals surface area contributed by atoms with Gasteiger partial charge in [-0.15, -0.1) is 0 Å². The lowest BCUT2D eigenvalue weighted by Crippen LogP contribution is -2.04. The van der Waals surface area contributed by atoms with Gasteiger partial charge in [0.05, 0.1) is 16.4 Å². The van der Waals surface area contributed by atoms with Gasteiger partial charge in [-0.25, -0.2) is 0 Å². The molecule has 15 heavy (non-hydrogen) atoms. The zero-order valence-electron chi connectivity index (χ0n) is 8.37. The summed E-state index contributed by atoms with van der Waals surface area (Å²) in [5, 5.41) is 7.77. The van der Waals surface area contributed by atoms with E-state index in [0.29, 0.717) is 5.02 Å². The largest absolute Gasteiger partial charge is 0.323 e. The van der Waals surface area contributed by atoms with Crippen molar-refractivity contribution in [2.24, 2.45) is 5.73 Å². The van der Waals surface area contributed by atoms with Gasteiger partial charge in [-0.1, -0.05) is 29.8 Å². The monoisotopic (exact) mass is 221 g/mol. The topological polar surface area (TPSA) is 54.7 Å². The second-order valence-corrected chi connectivity index (χ2v) is 3.88. The third kappa shape index (κ3) is 2.03. The summed E-state index contributed by atoms with van der Waals surface area (Å²) < 4.78 is 0. The van der Waals surface area contributed by atoms with Gasteiger partial charge in [0.15, 0.2) is 0 Å². The first kappa shape index (κ1) is 10.2. The number of hydrogen-bond acceptors (Lipinski definition) is 2. The van der Waals surface area contributed by atoms with Crippen molar-refractivity contribution in [3.8, 4) is 11.3 Å². The summed E-state index contributed by atoms with van der Waals surface area (Å²) in [6.07, 6.45) is 0. The summed E-state index contributed by atoms with van der Waals surface area (Å²) in [6, 6.07) is 9.48. The summed E-state index contributed by atoms with van der Waals surface area (Å²) in [5.41, 5.74) is 8.39. The van der Waals surface area contributed by atoms with Crippen molar-refractivity contribution in [3.05, 3.63) is 41.0 Å². The average Bonchev–Trinajstić information content (AvgIpc) is 2.67. The molecule has 0 saturated heterocycles. The Kier molecular flexibility index (Phi) is 2.75. The first-order chi connectivity index (χ1) is 7.18. The maximum absolute atomic E-state index is 6.06. The average molecular weight is 222 g/mol. The van der Waals surface area contributed by atoms with Crippen molar-refractivity contribution in [1.82, 2.24) is 10.2 Å². The van der Waals surface area contributed by atoms with E-state index in [1.54, 1.807) is 0 Å². The van der Waals surface area contributed by atoms with Gasteiger partial charge < -0.3 is 5.73 Å². The molecule has 4 heteroatoms. The highest BCUT2D eigenvalue weighted by atomic mass is 35.5. The van der Waals surface area contributed by atoms with Crippen LogP contribution in [0.15, 0.2) is 30.3 Å². The molecule has 0 fully saturated rings. The Balaban J connectivity index is 2.42. The van der Waals surface area contributed by atoms with Crippen LogP contribution in [0, 0.1) is 0 Å². The van der Waals surface area contributed by atoms with Crippen LogP contribution in [-0.2, 0) is 0 Å². The predicted molar refractivity (Wildman–Crippen MR) is 61.6 cm³/mol. The fourth-order valence-electron chi connectivity index (χ4n) is 1.38. The van der Waals surface area contributed by atoms with Crippen molar-refractivity contribution in [3.63, 3.8) is 0 Å². The second-order valence-electron chi connectivity index (χ2n) is 3.48. The first-order valence-electron chi connectivity index (χ1n) is 4.74. The van der Waals surface area contributed by atoms with Crippen LogP contribution in [0.25, 0.3) is 11.3 Å². The van der Waals surface area contributed by atoms with E-state index in [1.165, 1.54) is 0 Å². The summed E-state index contributed by atoms with van der Waals surface area (Å²) in [4.78, 5) is 0. The van der Waals surface area contributed by atoms with Gasteiger partial charge >= 0.3 is 0 Å². The van der Waals surface area contributed by atoms with E-state index in [4.69, 9.17) is 17.3 Å². The third-order valence-electron chi connectivity index (χ3n) is 2.24. The third-order valence-corrected chi connectivity index (χ3v) is 2.57. The number of halogens is 1. The molecule has 3 nitrogen and oxygen atoms in total. The number of benzene rings is 1. The highest BCUT2D eigenvalue weighted by Gasteiger charge is 2.08. The van der Waals surface area contributed by atoms with Crippen LogP contribution in [0.4, 0.5) is 0 Å². The van der Waals surface area contributed by atoms with Crippen LogP contribution < -0.4 is 5.73 Å². The highest BCUT2D eigenvalue weighted by Crippen LogP contribution is 2.26. The van der Waals surface area contributed by atoms with Gasteiger partial charge in [0.1, 0.15) is 0 Å². The Labute approximate surface area is 93.3 Å². The molecule has 1 atom stereocenters. The highest BCUT2D eigenvalue weighted by molar-refractivity contribution is 6.33. The molecule has 0 radical (unpaired) electrons. The minimum absolute atomic E-state index is 0.0475. The van der Waals surface area contributed by atoms with E-state index >= 15 is 0 Å². The minimum atomic E-state index is -0.0475. The number of rotatable bonds is 2. The van der Waals surface area contributed by atoms with Crippen LogP contribution in [0.1, 0.15) is 18.7 Å². The number of nitrogens with zero attached hydrogens (tertiary/aromatic N) is 1. The van der Waals surface area contributed by atoms with Gasteiger partial charge in [-0.05, 0) is 19.1 Å². The first-order valence-corrected chi connectivity index (χ1v) is 5.12. The van der Waals surface area contributed by atoms with Gasteiger partial charge in [0, 0.05) is 11.6 Å². The summed E-state index contributed by atoms with van der Waals surface area (Å²) in [5.74, 6) is 0. The molecule has 3 N–H and O–H groups in total. The fourth-order valence-corrected chi connectivity index (χ4v) is 1.61. The van der Waals surface area contributed by atoms with Gasteiger partial charge in [0.25, 0.3) is 0 Å². The lowest BCUT2D eigenvalue weighted by atomic mass is 10.1. The molecule has 0 aliphatic heterocycles. The Hall–Kier alpha value is -1.32. The molecule has 78 valence electrons. The van der Waals surface area contributed by atoms with Crippen molar-refractivity contribution >= 4 is 11.6 Å². The normalized spacial score (nSPS) is 12.7. The molecule has 0 saturated carbocycles. The van der Waals surface area contributed by atoms with Crippen LogP contribution in [0.3, 0.4) is 0 Å². The lowest BCUT2D eigenvalue weighted by Gasteiger charge is -1.99. The standard InChI is InChI=1S/C11H12ClN3/c1-7(13)10-6-11(15-14-10)8-4-2-3-5-9(8)12/h2-7H,13H2,1H3,(H,14,15). The molecule has 0 spiro atoms.